The fourth-order valence-electron chi connectivity index (χ4n) is 2.57. The van der Waals surface area contributed by atoms with Gasteiger partial charge in [0, 0.05) is 17.5 Å². The molecular weight excluding hydrogens is 292 g/mol. The van der Waals surface area contributed by atoms with Gasteiger partial charge in [-0.1, -0.05) is 0 Å². The van der Waals surface area contributed by atoms with E-state index in [9.17, 15) is 8.42 Å². The lowest BCUT2D eigenvalue weighted by Crippen LogP contribution is -2.27. The fraction of sp³-hybridized carbons (Fsp3) is 0.571. The molecule has 0 aromatic heterocycles. The Balaban J connectivity index is 2.04. The molecule has 112 valence electrons. The molecule has 3 N–H and O–H groups in total. The maximum absolute atomic E-state index is 11.5. The first-order valence-corrected chi connectivity index (χ1v) is 9.97. The molecule has 0 unspecified atom stereocenters. The van der Waals surface area contributed by atoms with E-state index in [1.54, 1.807) is 12.1 Å². The third-order valence-electron chi connectivity index (χ3n) is 3.82. The van der Waals surface area contributed by atoms with Crippen LogP contribution in [0.4, 0.5) is 11.4 Å². The van der Waals surface area contributed by atoms with E-state index in [4.69, 9.17) is 5.73 Å². The van der Waals surface area contributed by atoms with Crippen LogP contribution in [0.5, 0.6) is 0 Å². The van der Waals surface area contributed by atoms with Gasteiger partial charge in [0.15, 0.2) is 9.84 Å². The molecule has 1 aromatic rings. The van der Waals surface area contributed by atoms with E-state index < -0.39 is 9.84 Å². The van der Waals surface area contributed by atoms with Crippen LogP contribution in [-0.4, -0.2) is 32.2 Å². The van der Waals surface area contributed by atoms with Gasteiger partial charge in [0.1, 0.15) is 0 Å². The van der Waals surface area contributed by atoms with Crippen molar-refractivity contribution in [3.63, 3.8) is 0 Å². The predicted molar refractivity (Wildman–Crippen MR) is 87.1 cm³/mol. The minimum Gasteiger partial charge on any atom is -0.397 e. The van der Waals surface area contributed by atoms with Gasteiger partial charge < -0.3 is 11.1 Å². The Hall–Kier alpha value is -0.880. The summed E-state index contributed by atoms with van der Waals surface area (Å²) in [6.45, 7) is 0. The predicted octanol–water partition coefficient (Wildman–Crippen LogP) is 2.76. The van der Waals surface area contributed by atoms with Crippen molar-refractivity contribution in [2.24, 2.45) is 0 Å². The van der Waals surface area contributed by atoms with Gasteiger partial charge in [0.2, 0.25) is 0 Å². The van der Waals surface area contributed by atoms with Crippen LogP contribution >= 0.6 is 11.8 Å². The van der Waals surface area contributed by atoms with Gasteiger partial charge in [-0.25, -0.2) is 8.42 Å². The fourth-order valence-corrected chi connectivity index (χ4v) is 3.97. The van der Waals surface area contributed by atoms with Crippen LogP contribution in [-0.2, 0) is 9.84 Å². The van der Waals surface area contributed by atoms with E-state index in [1.807, 2.05) is 11.8 Å². The molecule has 0 atom stereocenters. The highest BCUT2D eigenvalue weighted by Gasteiger charge is 2.21. The summed E-state index contributed by atoms with van der Waals surface area (Å²) in [7, 11) is -3.20. The van der Waals surface area contributed by atoms with Crippen molar-refractivity contribution in [2.45, 2.75) is 41.9 Å². The second-order valence-electron chi connectivity index (χ2n) is 5.37. The lowest BCUT2D eigenvalue weighted by molar-refractivity contribution is 0.473. The summed E-state index contributed by atoms with van der Waals surface area (Å²) in [5, 5.41) is 4.22. The topological polar surface area (TPSA) is 72.2 Å². The summed E-state index contributed by atoms with van der Waals surface area (Å²) in [5.74, 6) is 0. The number of sulfone groups is 1. The van der Waals surface area contributed by atoms with Crippen LogP contribution in [0.1, 0.15) is 25.7 Å². The third kappa shape index (κ3) is 3.82. The molecule has 0 aliphatic heterocycles. The molecule has 0 spiro atoms. The molecule has 4 nitrogen and oxygen atoms in total. The smallest absolute Gasteiger partial charge is 0.175 e. The molecule has 0 amide bonds. The molecule has 1 aliphatic carbocycles. The molecule has 0 radical (unpaired) electrons. The second kappa shape index (κ2) is 6.26. The van der Waals surface area contributed by atoms with E-state index >= 15 is 0 Å². The summed E-state index contributed by atoms with van der Waals surface area (Å²) in [4.78, 5) is 0.270. The summed E-state index contributed by atoms with van der Waals surface area (Å²) < 4.78 is 23.0. The van der Waals surface area contributed by atoms with Crippen LogP contribution in [0.3, 0.4) is 0 Å². The maximum Gasteiger partial charge on any atom is 0.175 e. The average molecular weight is 314 g/mol. The van der Waals surface area contributed by atoms with Crippen molar-refractivity contribution >= 4 is 33.0 Å². The van der Waals surface area contributed by atoms with E-state index in [2.05, 4.69) is 11.6 Å². The minimum atomic E-state index is -3.20. The number of rotatable bonds is 4. The zero-order valence-corrected chi connectivity index (χ0v) is 13.6. The zero-order valence-electron chi connectivity index (χ0n) is 11.9. The number of thioether (sulfide) groups is 1. The number of hydrogen-bond donors (Lipinski definition) is 2. The summed E-state index contributed by atoms with van der Waals surface area (Å²) in [6.07, 6.45) is 8.08. The molecule has 2 rings (SSSR count). The molecule has 0 heterocycles. The number of benzene rings is 1. The van der Waals surface area contributed by atoms with E-state index in [-0.39, 0.29) is 4.90 Å². The molecular formula is C14H22N2O2S2. The van der Waals surface area contributed by atoms with Crippen LogP contribution in [0.2, 0.25) is 0 Å². The quantitative estimate of drug-likeness (QED) is 0.836. The largest absolute Gasteiger partial charge is 0.397 e. The highest BCUT2D eigenvalue weighted by atomic mass is 32.2. The number of nitrogens with two attached hydrogens (primary N) is 1. The Morgan fingerprint density at radius 2 is 1.90 bits per heavy atom. The average Bonchev–Trinajstić information content (AvgIpc) is 2.41. The third-order valence-corrected chi connectivity index (χ3v) is 6.07. The van der Waals surface area contributed by atoms with Crippen molar-refractivity contribution in [1.82, 2.24) is 0 Å². The van der Waals surface area contributed by atoms with Crippen molar-refractivity contribution in [3.05, 3.63) is 18.2 Å². The van der Waals surface area contributed by atoms with Gasteiger partial charge in [0.25, 0.3) is 0 Å². The van der Waals surface area contributed by atoms with Gasteiger partial charge in [-0.05, 0) is 50.1 Å². The molecule has 0 saturated heterocycles. The Labute approximate surface area is 125 Å². The Bertz CT molecular complexity index is 565. The molecule has 0 bridgehead atoms. The van der Waals surface area contributed by atoms with E-state index in [1.165, 1.54) is 25.2 Å². The lowest BCUT2D eigenvalue weighted by Gasteiger charge is -2.29. The Morgan fingerprint density at radius 1 is 1.25 bits per heavy atom. The first-order chi connectivity index (χ1) is 9.40. The van der Waals surface area contributed by atoms with Crippen LogP contribution in [0.15, 0.2) is 23.1 Å². The highest BCUT2D eigenvalue weighted by Crippen LogP contribution is 2.30. The van der Waals surface area contributed by atoms with Crippen molar-refractivity contribution in [3.8, 4) is 0 Å². The Kier molecular flexibility index (Phi) is 4.86. The van der Waals surface area contributed by atoms with Crippen LogP contribution in [0, 0.1) is 0 Å². The normalized spacial score (nSPS) is 23.5. The zero-order chi connectivity index (χ0) is 14.8. The second-order valence-corrected chi connectivity index (χ2v) is 8.53. The number of nitrogens with one attached hydrogen (secondary N) is 1. The van der Waals surface area contributed by atoms with Crippen molar-refractivity contribution in [1.29, 1.82) is 0 Å². The number of hydrogen-bond acceptors (Lipinski definition) is 5. The number of nitrogen functional groups attached to an aromatic ring is 1. The van der Waals surface area contributed by atoms with Crippen LogP contribution in [0.25, 0.3) is 0 Å². The summed E-state index contributed by atoms with van der Waals surface area (Å²) in [5.41, 5.74) is 7.30. The molecule has 1 saturated carbocycles. The van der Waals surface area contributed by atoms with Crippen LogP contribution < -0.4 is 11.1 Å². The number of anilines is 2. The van der Waals surface area contributed by atoms with E-state index in [0.29, 0.717) is 11.7 Å². The SMILES string of the molecule is CSC1CCC(Nc2ccc(S(C)(=O)=O)cc2N)CC1. The lowest BCUT2D eigenvalue weighted by atomic mass is 9.94. The molecule has 1 fully saturated rings. The van der Waals surface area contributed by atoms with Gasteiger partial charge >= 0.3 is 0 Å². The Morgan fingerprint density at radius 3 is 2.40 bits per heavy atom. The van der Waals surface area contributed by atoms with E-state index in [0.717, 1.165) is 23.8 Å². The molecule has 6 heteroatoms. The highest BCUT2D eigenvalue weighted by molar-refractivity contribution is 7.99. The van der Waals surface area contributed by atoms with Gasteiger partial charge in [-0.15, -0.1) is 0 Å². The maximum atomic E-state index is 11.5. The van der Waals surface area contributed by atoms with Gasteiger partial charge in [0.05, 0.1) is 16.3 Å². The molecule has 1 aliphatic rings. The summed E-state index contributed by atoms with van der Waals surface area (Å²) in [6, 6.07) is 5.35. The van der Waals surface area contributed by atoms with Gasteiger partial charge in [-0.2, -0.15) is 11.8 Å². The molecule has 20 heavy (non-hydrogen) atoms. The molecule has 1 aromatic carbocycles. The van der Waals surface area contributed by atoms with Crippen molar-refractivity contribution in [2.75, 3.05) is 23.6 Å². The first kappa shape index (κ1) is 15.5. The minimum absolute atomic E-state index is 0.270. The summed E-state index contributed by atoms with van der Waals surface area (Å²) >= 11 is 1.94. The standard InChI is InChI=1S/C14H22N2O2S2/c1-19-11-5-3-10(4-6-11)16-14-8-7-12(9-13(14)15)20(2,17)18/h7-11,16H,3-6,15H2,1-2H3. The van der Waals surface area contributed by atoms with Gasteiger partial charge in [-0.3, -0.25) is 0 Å². The van der Waals surface area contributed by atoms with Crippen molar-refractivity contribution < 1.29 is 8.42 Å². The first-order valence-electron chi connectivity index (χ1n) is 6.79. The monoisotopic (exact) mass is 314 g/mol.